The molecule has 0 N–H and O–H groups in total. The van der Waals surface area contributed by atoms with E-state index in [4.69, 9.17) is 14.5 Å². The lowest BCUT2D eigenvalue weighted by Crippen LogP contribution is -2.40. The number of fused-ring (bicyclic) bond motifs is 1. The maximum atomic E-state index is 13.6. The Balaban J connectivity index is 1.62. The molecule has 0 atom stereocenters. The minimum Gasteiger partial charge on any atom is -0.492 e. The van der Waals surface area contributed by atoms with E-state index < -0.39 is 10.0 Å². The quantitative estimate of drug-likeness (QED) is 0.396. The summed E-state index contributed by atoms with van der Waals surface area (Å²) in [6.45, 7) is 5.15. The van der Waals surface area contributed by atoms with Gasteiger partial charge in [0.1, 0.15) is 11.3 Å². The minimum absolute atomic E-state index is 0.168. The molecule has 4 rings (SSSR count). The normalized spacial score (nSPS) is 14.9. The number of amides is 1. The summed E-state index contributed by atoms with van der Waals surface area (Å²) in [7, 11) is 0.354. The Hall–Kier alpha value is -2.57. The summed E-state index contributed by atoms with van der Waals surface area (Å²) in [6, 6.07) is 11.9. The zero-order chi connectivity index (χ0) is 25.7. The second-order valence-corrected chi connectivity index (χ2v) is 11.6. The zero-order valence-corrected chi connectivity index (χ0v) is 22.5. The van der Waals surface area contributed by atoms with Crippen LogP contribution < -0.4 is 9.64 Å². The van der Waals surface area contributed by atoms with Gasteiger partial charge in [-0.05, 0) is 70.4 Å². The van der Waals surface area contributed by atoms with Crippen LogP contribution in [0.2, 0.25) is 0 Å². The molecule has 0 saturated carbocycles. The Morgan fingerprint density at radius 3 is 2.50 bits per heavy atom. The summed E-state index contributed by atoms with van der Waals surface area (Å²) in [6.07, 6.45) is 0.760. The first kappa shape index (κ1) is 26.5. The highest BCUT2D eigenvalue weighted by molar-refractivity contribution is 7.89. The third kappa shape index (κ3) is 5.87. The molecule has 1 saturated heterocycles. The van der Waals surface area contributed by atoms with Gasteiger partial charge in [-0.1, -0.05) is 17.4 Å². The molecule has 3 aromatic rings. The number of hydrogen-bond donors (Lipinski definition) is 0. The summed E-state index contributed by atoms with van der Waals surface area (Å²) in [4.78, 5) is 22.3. The first-order valence-electron chi connectivity index (χ1n) is 12.0. The Morgan fingerprint density at radius 2 is 1.83 bits per heavy atom. The van der Waals surface area contributed by atoms with Gasteiger partial charge in [-0.2, -0.15) is 4.31 Å². The van der Waals surface area contributed by atoms with Crippen LogP contribution in [-0.2, 0) is 14.8 Å². The second-order valence-electron chi connectivity index (χ2n) is 8.69. The molecule has 1 amide bonds. The highest BCUT2D eigenvalue weighted by Crippen LogP contribution is 2.35. The van der Waals surface area contributed by atoms with Crippen LogP contribution >= 0.6 is 11.3 Å². The molecule has 1 aliphatic rings. The topological polar surface area (TPSA) is 92.3 Å². The van der Waals surface area contributed by atoms with E-state index in [2.05, 4.69) is 4.90 Å². The van der Waals surface area contributed by atoms with Gasteiger partial charge in [-0.3, -0.25) is 9.69 Å². The van der Waals surface area contributed by atoms with E-state index in [-0.39, 0.29) is 10.8 Å². The molecule has 0 spiro atoms. The van der Waals surface area contributed by atoms with Crippen LogP contribution in [0.3, 0.4) is 0 Å². The number of carbonyl (C=O) groups is 1. The Bertz CT molecular complexity index is 1290. The van der Waals surface area contributed by atoms with Gasteiger partial charge in [0, 0.05) is 25.2 Å². The highest BCUT2D eigenvalue weighted by atomic mass is 32.2. The molecular formula is C25H32N4O5S2. The number of benzene rings is 2. The number of nitrogens with zero attached hydrogens (tertiary/aromatic N) is 4. The summed E-state index contributed by atoms with van der Waals surface area (Å²) < 4.78 is 39.3. The SMILES string of the molecule is CCOc1cccc2sc(N(CCCN(C)C)C(=O)c3ccc(S(=O)(=O)N4CCOCC4)cc3)nc12. The van der Waals surface area contributed by atoms with Crippen molar-refractivity contribution in [1.29, 1.82) is 0 Å². The number of aromatic nitrogens is 1. The van der Waals surface area contributed by atoms with Gasteiger partial charge in [0.2, 0.25) is 10.0 Å². The van der Waals surface area contributed by atoms with Crippen molar-refractivity contribution in [2.75, 3.05) is 65.0 Å². The number of thiazole rings is 1. The van der Waals surface area contributed by atoms with Crippen LogP contribution in [0.15, 0.2) is 47.4 Å². The lowest BCUT2D eigenvalue weighted by molar-refractivity contribution is 0.0730. The minimum atomic E-state index is -3.63. The Morgan fingerprint density at radius 1 is 1.11 bits per heavy atom. The summed E-state index contributed by atoms with van der Waals surface area (Å²) in [5.41, 5.74) is 1.14. The monoisotopic (exact) mass is 532 g/mol. The van der Waals surface area contributed by atoms with Gasteiger partial charge in [-0.25, -0.2) is 13.4 Å². The molecule has 2 heterocycles. The van der Waals surface area contributed by atoms with Gasteiger partial charge in [0.05, 0.1) is 29.4 Å². The predicted molar refractivity (Wildman–Crippen MR) is 142 cm³/mol. The fraction of sp³-hybridized carbons (Fsp3) is 0.440. The van der Waals surface area contributed by atoms with Gasteiger partial charge >= 0.3 is 0 Å². The molecule has 11 heteroatoms. The van der Waals surface area contributed by atoms with Crippen molar-refractivity contribution in [2.45, 2.75) is 18.2 Å². The summed E-state index contributed by atoms with van der Waals surface area (Å²) in [5, 5.41) is 0.589. The third-order valence-electron chi connectivity index (χ3n) is 5.84. The van der Waals surface area contributed by atoms with E-state index >= 15 is 0 Å². The van der Waals surface area contributed by atoms with Crippen molar-refractivity contribution in [3.63, 3.8) is 0 Å². The average molecular weight is 533 g/mol. The number of sulfonamides is 1. The van der Waals surface area contributed by atoms with Crippen molar-refractivity contribution in [3.8, 4) is 5.75 Å². The fourth-order valence-corrected chi connectivity index (χ4v) is 6.40. The average Bonchev–Trinajstić information content (AvgIpc) is 3.32. The number of ether oxygens (including phenoxy) is 2. The van der Waals surface area contributed by atoms with Crippen molar-refractivity contribution in [1.82, 2.24) is 14.2 Å². The van der Waals surface area contributed by atoms with Gasteiger partial charge in [0.25, 0.3) is 5.91 Å². The van der Waals surface area contributed by atoms with Crippen LogP contribution in [0.25, 0.3) is 10.2 Å². The molecule has 2 aromatic carbocycles. The lowest BCUT2D eigenvalue weighted by Gasteiger charge is -2.26. The number of hydrogen-bond acceptors (Lipinski definition) is 8. The Labute approximate surface area is 216 Å². The van der Waals surface area contributed by atoms with E-state index in [1.54, 1.807) is 17.0 Å². The van der Waals surface area contributed by atoms with E-state index in [0.29, 0.717) is 55.9 Å². The van der Waals surface area contributed by atoms with E-state index in [1.807, 2.05) is 39.2 Å². The number of morpholine rings is 1. The molecule has 0 radical (unpaired) electrons. The lowest BCUT2D eigenvalue weighted by atomic mass is 10.2. The summed E-state index contributed by atoms with van der Waals surface area (Å²) >= 11 is 1.44. The number of rotatable bonds is 10. The molecule has 1 aromatic heterocycles. The van der Waals surface area contributed by atoms with Crippen LogP contribution in [-0.4, -0.2) is 88.6 Å². The molecule has 0 aliphatic carbocycles. The molecule has 1 aliphatic heterocycles. The molecule has 0 bridgehead atoms. The van der Waals surface area contributed by atoms with Gasteiger partial charge < -0.3 is 14.4 Å². The molecule has 36 heavy (non-hydrogen) atoms. The van der Waals surface area contributed by atoms with Crippen molar-refractivity contribution >= 4 is 42.6 Å². The maximum absolute atomic E-state index is 13.6. The highest BCUT2D eigenvalue weighted by Gasteiger charge is 2.27. The van der Waals surface area contributed by atoms with E-state index in [1.165, 1.54) is 27.8 Å². The summed E-state index contributed by atoms with van der Waals surface area (Å²) in [5.74, 6) is 0.469. The predicted octanol–water partition coefficient (Wildman–Crippen LogP) is 3.31. The zero-order valence-electron chi connectivity index (χ0n) is 20.8. The number of carbonyl (C=O) groups excluding carboxylic acids is 1. The number of anilines is 1. The van der Waals surface area contributed by atoms with Crippen LogP contribution in [0.4, 0.5) is 5.13 Å². The third-order valence-corrected chi connectivity index (χ3v) is 8.80. The Kier molecular flexibility index (Phi) is 8.58. The van der Waals surface area contributed by atoms with Crippen LogP contribution in [0.5, 0.6) is 5.75 Å². The van der Waals surface area contributed by atoms with Crippen LogP contribution in [0, 0.1) is 0 Å². The standard InChI is InChI=1S/C25H32N4O5S2/c1-4-34-21-7-5-8-22-23(21)26-25(35-22)29(14-6-13-27(2)3)24(30)19-9-11-20(12-10-19)36(31,32)28-15-17-33-18-16-28/h5,7-12H,4,6,13-18H2,1-3H3. The van der Waals surface area contributed by atoms with E-state index in [9.17, 15) is 13.2 Å². The van der Waals surface area contributed by atoms with Crippen molar-refractivity contribution < 1.29 is 22.7 Å². The smallest absolute Gasteiger partial charge is 0.260 e. The second kappa shape index (κ2) is 11.7. The van der Waals surface area contributed by atoms with Gasteiger partial charge in [-0.15, -0.1) is 0 Å². The molecular weight excluding hydrogens is 500 g/mol. The molecule has 194 valence electrons. The van der Waals surface area contributed by atoms with E-state index in [0.717, 1.165) is 23.2 Å². The fourth-order valence-electron chi connectivity index (χ4n) is 3.99. The number of para-hydroxylation sites is 1. The molecule has 0 unspecified atom stereocenters. The van der Waals surface area contributed by atoms with Crippen molar-refractivity contribution in [3.05, 3.63) is 48.0 Å². The van der Waals surface area contributed by atoms with Crippen LogP contribution in [0.1, 0.15) is 23.7 Å². The largest absolute Gasteiger partial charge is 0.492 e. The van der Waals surface area contributed by atoms with Gasteiger partial charge in [0.15, 0.2) is 5.13 Å². The van der Waals surface area contributed by atoms with Crippen molar-refractivity contribution in [2.24, 2.45) is 0 Å². The maximum Gasteiger partial charge on any atom is 0.260 e. The molecule has 9 nitrogen and oxygen atoms in total. The molecule has 1 fully saturated rings. The first-order valence-corrected chi connectivity index (χ1v) is 14.2. The first-order chi connectivity index (χ1) is 17.3.